The van der Waals surface area contributed by atoms with E-state index in [2.05, 4.69) is 16.0 Å². The molecule has 0 radical (unpaired) electrons. The third-order valence-corrected chi connectivity index (χ3v) is 5.96. The first-order valence-corrected chi connectivity index (χ1v) is 9.74. The van der Waals surface area contributed by atoms with Crippen molar-refractivity contribution >= 4 is 28.4 Å². The number of aromatic nitrogens is 2. The molecule has 1 N–H and O–H groups in total. The average Bonchev–Trinajstić information content (AvgIpc) is 3.26. The molecule has 4 aromatic rings. The molecule has 3 atom stereocenters. The van der Waals surface area contributed by atoms with Crippen LogP contribution in [-0.2, 0) is 5.41 Å². The minimum Gasteiger partial charge on any atom is -0.341 e. The molecular weight excluding hydrogens is 382 g/mol. The van der Waals surface area contributed by atoms with Crippen LogP contribution in [0.4, 0.5) is 0 Å². The van der Waals surface area contributed by atoms with Crippen molar-refractivity contribution in [2.75, 3.05) is 0 Å². The lowest BCUT2D eigenvalue weighted by atomic mass is 9.98. The van der Waals surface area contributed by atoms with Crippen molar-refractivity contribution in [2.24, 2.45) is 5.92 Å². The number of Topliss-reactive ketones (excluding diaryl/α,β-unsaturated/α-hetero) is 1. The van der Waals surface area contributed by atoms with E-state index in [0.717, 1.165) is 16.6 Å². The van der Waals surface area contributed by atoms with Crippen molar-refractivity contribution < 1.29 is 4.79 Å². The number of carbonyl (C=O) groups is 1. The predicted molar refractivity (Wildman–Crippen MR) is 112 cm³/mol. The summed E-state index contributed by atoms with van der Waals surface area (Å²) in [5, 5.41) is 10.9. The van der Waals surface area contributed by atoms with Gasteiger partial charge < -0.3 is 4.98 Å². The second-order valence-corrected chi connectivity index (χ2v) is 7.76. The average molecular weight is 398 g/mol. The molecule has 0 spiro atoms. The van der Waals surface area contributed by atoms with Crippen LogP contribution in [0.15, 0.2) is 78.9 Å². The number of ketones is 1. The molecule has 1 heterocycles. The normalized spacial score (nSPS) is 22.9. The van der Waals surface area contributed by atoms with Crippen LogP contribution in [0.25, 0.3) is 11.0 Å². The Morgan fingerprint density at radius 1 is 1.03 bits per heavy atom. The Morgan fingerprint density at radius 2 is 1.79 bits per heavy atom. The molecule has 0 amide bonds. The van der Waals surface area contributed by atoms with Crippen LogP contribution in [0.3, 0.4) is 0 Å². The summed E-state index contributed by atoms with van der Waals surface area (Å²) in [7, 11) is 0. The van der Waals surface area contributed by atoms with Gasteiger partial charge in [-0.3, -0.25) is 4.79 Å². The highest BCUT2D eigenvalue weighted by molar-refractivity contribution is 6.30. The Balaban J connectivity index is 1.68. The minimum absolute atomic E-state index is 0.0578. The maximum atomic E-state index is 13.4. The number of H-pyrrole nitrogens is 1. The highest BCUT2D eigenvalue weighted by Gasteiger charge is 2.72. The fourth-order valence-electron chi connectivity index (χ4n) is 4.32. The Hall–Kier alpha value is -3.42. The van der Waals surface area contributed by atoms with Crippen molar-refractivity contribution in [1.82, 2.24) is 9.97 Å². The van der Waals surface area contributed by atoms with Crippen LogP contribution in [0.5, 0.6) is 0 Å². The van der Waals surface area contributed by atoms with Gasteiger partial charge in [0, 0.05) is 16.5 Å². The van der Waals surface area contributed by atoms with Gasteiger partial charge in [-0.05, 0) is 29.8 Å². The summed E-state index contributed by atoms with van der Waals surface area (Å²) < 4.78 is 0. The van der Waals surface area contributed by atoms with Gasteiger partial charge in [0.05, 0.1) is 23.0 Å². The summed E-state index contributed by atoms with van der Waals surface area (Å²) in [4.78, 5) is 21.4. The quantitative estimate of drug-likeness (QED) is 0.476. The van der Waals surface area contributed by atoms with Crippen LogP contribution in [0, 0.1) is 17.2 Å². The first-order valence-electron chi connectivity index (χ1n) is 9.36. The first kappa shape index (κ1) is 17.7. The van der Waals surface area contributed by atoms with E-state index in [4.69, 9.17) is 11.6 Å². The van der Waals surface area contributed by atoms with Crippen LogP contribution >= 0.6 is 11.6 Å². The number of nitriles is 1. The maximum absolute atomic E-state index is 13.4. The summed E-state index contributed by atoms with van der Waals surface area (Å²) in [5.74, 6) is -0.383. The number of benzene rings is 3. The molecule has 140 valence electrons. The molecule has 3 aromatic carbocycles. The molecule has 1 aliphatic carbocycles. The summed E-state index contributed by atoms with van der Waals surface area (Å²) >= 11 is 6.22. The molecule has 29 heavy (non-hydrogen) atoms. The Labute approximate surface area is 172 Å². The van der Waals surface area contributed by atoms with Gasteiger partial charge in [0.25, 0.3) is 0 Å². The molecule has 0 bridgehead atoms. The van der Waals surface area contributed by atoms with E-state index in [-0.39, 0.29) is 11.7 Å². The fraction of sp³-hybridized carbons (Fsp3) is 0.125. The van der Waals surface area contributed by atoms with Gasteiger partial charge in [-0.1, -0.05) is 66.2 Å². The Morgan fingerprint density at radius 3 is 2.52 bits per heavy atom. The summed E-state index contributed by atoms with van der Waals surface area (Å²) in [6, 6.07) is 26.6. The van der Waals surface area contributed by atoms with Gasteiger partial charge >= 0.3 is 0 Å². The van der Waals surface area contributed by atoms with Crippen molar-refractivity contribution in [2.45, 2.75) is 11.3 Å². The molecule has 4 nitrogen and oxygen atoms in total. The molecule has 1 saturated carbocycles. The number of hydrogen-bond acceptors (Lipinski definition) is 3. The van der Waals surface area contributed by atoms with Gasteiger partial charge in [0.1, 0.15) is 11.2 Å². The zero-order valence-electron chi connectivity index (χ0n) is 15.3. The number of nitrogens with zero attached hydrogens (tertiary/aromatic N) is 2. The third kappa shape index (κ3) is 2.66. The van der Waals surface area contributed by atoms with Crippen molar-refractivity contribution in [3.05, 3.63) is 101 Å². The number of hydrogen-bond donors (Lipinski definition) is 1. The van der Waals surface area contributed by atoms with Crippen LogP contribution in [0.2, 0.25) is 5.02 Å². The van der Waals surface area contributed by atoms with E-state index in [0.29, 0.717) is 16.4 Å². The zero-order valence-corrected chi connectivity index (χ0v) is 16.1. The van der Waals surface area contributed by atoms with Crippen molar-refractivity contribution in [1.29, 1.82) is 5.26 Å². The number of aromatic amines is 1. The van der Waals surface area contributed by atoms with Gasteiger partial charge in [-0.15, -0.1) is 0 Å². The Kier molecular flexibility index (Phi) is 4.01. The van der Waals surface area contributed by atoms with Crippen molar-refractivity contribution in [3.8, 4) is 6.07 Å². The van der Waals surface area contributed by atoms with E-state index in [1.807, 2.05) is 60.7 Å². The number of carbonyl (C=O) groups excluding carboxylic acids is 1. The highest BCUT2D eigenvalue weighted by Crippen LogP contribution is 2.66. The number of para-hydroxylation sites is 2. The number of halogens is 1. The number of nitrogens with one attached hydrogen (secondary N) is 1. The van der Waals surface area contributed by atoms with E-state index < -0.39 is 11.3 Å². The molecule has 0 aliphatic heterocycles. The lowest BCUT2D eigenvalue weighted by molar-refractivity contribution is 0.0959. The van der Waals surface area contributed by atoms with Gasteiger partial charge in [0.15, 0.2) is 5.78 Å². The van der Waals surface area contributed by atoms with Crippen molar-refractivity contribution in [3.63, 3.8) is 0 Å². The number of imidazole rings is 1. The zero-order chi connectivity index (χ0) is 20.0. The molecule has 5 heteroatoms. The summed E-state index contributed by atoms with van der Waals surface area (Å²) in [6.45, 7) is 0. The topological polar surface area (TPSA) is 69.5 Å². The standard InChI is InChI=1S/C24H16ClN3O/c25-17-10-6-9-16(13-17)20-21(22(29)15-7-2-1-3-8-15)24(20,14-26)23-27-18-11-4-5-12-19(18)28-23/h1-13,20-21H,(H,27,28)/t20-,21+,24+/m0/s1. The molecule has 0 saturated heterocycles. The van der Waals surface area contributed by atoms with Gasteiger partial charge in [-0.2, -0.15) is 5.26 Å². The lowest BCUT2D eigenvalue weighted by Crippen LogP contribution is -2.15. The lowest BCUT2D eigenvalue weighted by Gasteiger charge is -2.06. The molecule has 1 fully saturated rings. The molecule has 1 aromatic heterocycles. The second kappa shape index (κ2) is 6.58. The smallest absolute Gasteiger partial charge is 0.168 e. The summed E-state index contributed by atoms with van der Waals surface area (Å²) in [5.41, 5.74) is 2.03. The SMILES string of the molecule is N#C[C@]1(c2nc3ccccc3[nH]2)[C@@H](C(=O)c2ccccc2)[C@@H]1c1cccc(Cl)c1. The maximum Gasteiger partial charge on any atom is 0.168 e. The molecular formula is C24H16ClN3O. The van der Waals surface area contributed by atoms with Crippen LogP contribution < -0.4 is 0 Å². The number of rotatable bonds is 4. The van der Waals surface area contributed by atoms with E-state index in [9.17, 15) is 10.1 Å². The van der Waals surface area contributed by atoms with Crippen LogP contribution in [-0.4, -0.2) is 15.8 Å². The second-order valence-electron chi connectivity index (χ2n) is 7.32. The monoisotopic (exact) mass is 397 g/mol. The minimum atomic E-state index is -1.06. The molecule has 5 rings (SSSR count). The largest absolute Gasteiger partial charge is 0.341 e. The van der Waals surface area contributed by atoms with Crippen LogP contribution in [0.1, 0.15) is 27.7 Å². The number of fused-ring (bicyclic) bond motifs is 1. The molecule has 0 unspecified atom stereocenters. The first-order chi connectivity index (χ1) is 14.1. The predicted octanol–water partition coefficient (Wildman–Crippen LogP) is 5.27. The van der Waals surface area contributed by atoms with Gasteiger partial charge in [0.2, 0.25) is 0 Å². The van der Waals surface area contributed by atoms with E-state index >= 15 is 0 Å². The van der Waals surface area contributed by atoms with E-state index in [1.54, 1.807) is 18.2 Å². The third-order valence-electron chi connectivity index (χ3n) is 5.72. The van der Waals surface area contributed by atoms with Gasteiger partial charge in [-0.25, -0.2) is 4.98 Å². The van der Waals surface area contributed by atoms with E-state index in [1.165, 1.54) is 0 Å². The summed E-state index contributed by atoms with van der Waals surface area (Å²) in [6.07, 6.45) is 0. The molecule has 1 aliphatic rings. The fourth-order valence-corrected chi connectivity index (χ4v) is 4.52. The highest BCUT2D eigenvalue weighted by atomic mass is 35.5. The Bertz CT molecular complexity index is 1240.